The lowest BCUT2D eigenvalue weighted by molar-refractivity contribution is -0.139. The van der Waals surface area contributed by atoms with Gasteiger partial charge in [0, 0.05) is 42.9 Å². The number of thiophene rings is 1. The highest BCUT2D eigenvalue weighted by Gasteiger charge is 2.46. The van der Waals surface area contributed by atoms with E-state index in [1.54, 1.807) is 0 Å². The Bertz CT molecular complexity index is 744. The molecule has 4 heterocycles. The molecular formula is C19H24N2O4S. The summed E-state index contributed by atoms with van der Waals surface area (Å²) in [6, 6.07) is 0.459. The smallest absolute Gasteiger partial charge is 0.267 e. The van der Waals surface area contributed by atoms with E-state index < -0.39 is 0 Å². The number of hydrogen-bond acceptors (Lipinski definition) is 5. The first-order valence-electron chi connectivity index (χ1n) is 9.61. The van der Waals surface area contributed by atoms with Gasteiger partial charge in [-0.3, -0.25) is 9.59 Å². The summed E-state index contributed by atoms with van der Waals surface area (Å²) in [6.07, 6.45) is 5.93. The molecule has 6 nitrogen and oxygen atoms in total. The minimum atomic E-state index is 0.0516. The number of carbonyl (C=O) groups excluding carboxylic acids is 2. The zero-order chi connectivity index (χ0) is 17.7. The van der Waals surface area contributed by atoms with Crippen LogP contribution in [0.5, 0.6) is 11.5 Å². The third-order valence-corrected chi connectivity index (χ3v) is 7.05. The maximum Gasteiger partial charge on any atom is 0.267 e. The monoisotopic (exact) mass is 376 g/mol. The molecule has 0 N–H and O–H groups in total. The minimum absolute atomic E-state index is 0.0516. The Labute approximate surface area is 157 Å². The van der Waals surface area contributed by atoms with Crippen molar-refractivity contribution in [1.82, 2.24) is 9.80 Å². The van der Waals surface area contributed by atoms with Crippen LogP contribution in [0.3, 0.4) is 0 Å². The van der Waals surface area contributed by atoms with Gasteiger partial charge in [0.25, 0.3) is 5.91 Å². The van der Waals surface area contributed by atoms with Crippen molar-refractivity contribution in [3.63, 3.8) is 0 Å². The molecule has 3 aliphatic heterocycles. The number of amides is 2. The van der Waals surface area contributed by atoms with Gasteiger partial charge < -0.3 is 19.3 Å². The van der Waals surface area contributed by atoms with Gasteiger partial charge in [-0.25, -0.2) is 0 Å². The number of ether oxygens (including phenoxy) is 2. The lowest BCUT2D eigenvalue weighted by Gasteiger charge is -2.48. The van der Waals surface area contributed by atoms with Crippen LogP contribution in [0.25, 0.3) is 0 Å². The molecule has 1 saturated carbocycles. The summed E-state index contributed by atoms with van der Waals surface area (Å²) in [7, 11) is 0. The number of hydrogen-bond donors (Lipinski definition) is 0. The van der Waals surface area contributed by atoms with Gasteiger partial charge in [0.1, 0.15) is 18.1 Å². The summed E-state index contributed by atoms with van der Waals surface area (Å²) in [6.45, 7) is 3.38. The maximum atomic E-state index is 13.2. The predicted molar refractivity (Wildman–Crippen MR) is 96.8 cm³/mol. The van der Waals surface area contributed by atoms with Crippen molar-refractivity contribution in [3.05, 3.63) is 10.3 Å². The Morgan fingerprint density at radius 2 is 2.04 bits per heavy atom. The molecule has 0 bridgehead atoms. The van der Waals surface area contributed by atoms with E-state index in [0.29, 0.717) is 48.0 Å². The Morgan fingerprint density at radius 3 is 2.88 bits per heavy atom. The van der Waals surface area contributed by atoms with Gasteiger partial charge in [0.2, 0.25) is 5.91 Å². The van der Waals surface area contributed by atoms with Gasteiger partial charge in [-0.2, -0.15) is 0 Å². The van der Waals surface area contributed by atoms with Crippen LogP contribution in [0.1, 0.15) is 48.2 Å². The van der Waals surface area contributed by atoms with E-state index in [9.17, 15) is 9.59 Å². The Hall–Kier alpha value is -1.76. The molecule has 26 heavy (non-hydrogen) atoms. The SMILES string of the molecule is O=C(c1scc2c1OCCO2)N1CCC[C@]2(CCC(=O)N(C3CC3)C2)C1. The van der Waals surface area contributed by atoms with Crippen LogP contribution in [-0.4, -0.2) is 60.5 Å². The number of nitrogens with zero attached hydrogens (tertiary/aromatic N) is 2. The quantitative estimate of drug-likeness (QED) is 0.796. The van der Waals surface area contributed by atoms with Gasteiger partial charge in [-0.1, -0.05) is 0 Å². The molecule has 0 aromatic carbocycles. The first kappa shape index (κ1) is 16.4. The highest BCUT2D eigenvalue weighted by Crippen LogP contribution is 2.44. The van der Waals surface area contributed by atoms with Crippen LogP contribution < -0.4 is 9.47 Å². The summed E-state index contributed by atoms with van der Waals surface area (Å²) < 4.78 is 11.3. The molecular weight excluding hydrogens is 352 g/mol. The number of carbonyl (C=O) groups is 2. The molecule has 140 valence electrons. The molecule has 1 aromatic heterocycles. The lowest BCUT2D eigenvalue weighted by atomic mass is 9.73. The van der Waals surface area contributed by atoms with Crippen LogP contribution in [0.2, 0.25) is 0 Å². The molecule has 1 spiro atoms. The van der Waals surface area contributed by atoms with Gasteiger partial charge in [0.15, 0.2) is 11.5 Å². The van der Waals surface area contributed by atoms with Crippen LogP contribution in [-0.2, 0) is 4.79 Å². The van der Waals surface area contributed by atoms with Crippen molar-refractivity contribution >= 4 is 23.2 Å². The molecule has 4 aliphatic rings. The number of rotatable bonds is 2. The lowest BCUT2D eigenvalue weighted by Crippen LogP contribution is -2.55. The van der Waals surface area contributed by atoms with Gasteiger partial charge >= 0.3 is 0 Å². The Morgan fingerprint density at radius 1 is 1.19 bits per heavy atom. The van der Waals surface area contributed by atoms with Crippen LogP contribution >= 0.6 is 11.3 Å². The predicted octanol–water partition coefficient (Wildman–Crippen LogP) is 2.53. The second-order valence-corrected chi connectivity index (χ2v) is 8.92. The second-order valence-electron chi connectivity index (χ2n) is 8.04. The van der Waals surface area contributed by atoms with E-state index in [4.69, 9.17) is 9.47 Å². The highest BCUT2D eigenvalue weighted by molar-refractivity contribution is 7.12. The largest absolute Gasteiger partial charge is 0.485 e. The molecule has 2 amide bonds. The molecule has 3 fully saturated rings. The summed E-state index contributed by atoms with van der Waals surface area (Å²) in [4.78, 5) is 30.2. The summed E-state index contributed by atoms with van der Waals surface area (Å²) in [5.74, 6) is 1.67. The number of piperidine rings is 2. The average molecular weight is 376 g/mol. The van der Waals surface area contributed by atoms with E-state index in [0.717, 1.165) is 51.7 Å². The fourth-order valence-corrected chi connectivity index (χ4v) is 5.53. The van der Waals surface area contributed by atoms with Crippen molar-refractivity contribution in [3.8, 4) is 11.5 Å². The normalized spacial score (nSPS) is 28.5. The van der Waals surface area contributed by atoms with Crippen molar-refractivity contribution in [2.45, 2.75) is 44.6 Å². The fourth-order valence-electron chi connectivity index (χ4n) is 4.63. The van der Waals surface area contributed by atoms with Crippen LogP contribution in [0.15, 0.2) is 5.38 Å². The molecule has 0 unspecified atom stereocenters. The van der Waals surface area contributed by atoms with E-state index in [-0.39, 0.29) is 11.3 Å². The molecule has 1 aliphatic carbocycles. The molecule has 7 heteroatoms. The van der Waals surface area contributed by atoms with Gasteiger partial charge in [-0.05, 0) is 32.1 Å². The third kappa shape index (κ3) is 2.76. The zero-order valence-electron chi connectivity index (χ0n) is 14.9. The van der Waals surface area contributed by atoms with Crippen molar-refractivity contribution in [1.29, 1.82) is 0 Å². The van der Waals surface area contributed by atoms with Crippen molar-refractivity contribution < 1.29 is 19.1 Å². The third-order valence-electron chi connectivity index (χ3n) is 6.13. The van der Waals surface area contributed by atoms with Crippen LogP contribution in [0, 0.1) is 5.41 Å². The second kappa shape index (κ2) is 6.15. The zero-order valence-corrected chi connectivity index (χ0v) is 15.7. The van der Waals surface area contributed by atoms with Crippen molar-refractivity contribution in [2.24, 2.45) is 5.41 Å². The van der Waals surface area contributed by atoms with E-state index in [1.165, 1.54) is 11.3 Å². The Balaban J connectivity index is 1.35. The Kier molecular flexibility index (Phi) is 3.88. The molecule has 0 radical (unpaired) electrons. The van der Waals surface area contributed by atoms with Crippen molar-refractivity contribution in [2.75, 3.05) is 32.8 Å². The van der Waals surface area contributed by atoms with Gasteiger partial charge in [0.05, 0.1) is 0 Å². The fraction of sp³-hybridized carbons (Fsp3) is 0.684. The topological polar surface area (TPSA) is 59.1 Å². The molecule has 2 saturated heterocycles. The summed E-state index contributed by atoms with van der Waals surface area (Å²) >= 11 is 1.41. The van der Waals surface area contributed by atoms with Crippen LogP contribution in [0.4, 0.5) is 0 Å². The first-order chi connectivity index (χ1) is 12.7. The number of fused-ring (bicyclic) bond motifs is 1. The average Bonchev–Trinajstić information content (AvgIpc) is 3.42. The molecule has 5 rings (SSSR count). The van der Waals surface area contributed by atoms with E-state index >= 15 is 0 Å². The molecule has 1 aromatic rings. The minimum Gasteiger partial charge on any atom is -0.485 e. The maximum absolute atomic E-state index is 13.2. The number of likely N-dealkylation sites (tertiary alicyclic amines) is 2. The van der Waals surface area contributed by atoms with E-state index in [1.807, 2.05) is 10.3 Å². The van der Waals surface area contributed by atoms with E-state index in [2.05, 4.69) is 4.90 Å². The van der Waals surface area contributed by atoms with Gasteiger partial charge in [-0.15, -0.1) is 11.3 Å². The summed E-state index contributed by atoms with van der Waals surface area (Å²) in [5.41, 5.74) is 0.0685. The first-order valence-corrected chi connectivity index (χ1v) is 10.5. The standard InChI is InChI=1S/C19H24N2O4S/c22-15-4-6-19(12-21(15)13-2-3-13)5-1-7-20(11-19)18(23)17-16-14(10-26-17)24-8-9-25-16/h10,13H,1-9,11-12H2/t19-/m0/s1. The molecule has 1 atom stereocenters. The highest BCUT2D eigenvalue weighted by atomic mass is 32.1. The summed E-state index contributed by atoms with van der Waals surface area (Å²) in [5, 5.41) is 1.87.